The second kappa shape index (κ2) is 8.33. The molecule has 7 heteroatoms. The van der Waals surface area contributed by atoms with Crippen LogP contribution in [0.3, 0.4) is 0 Å². The van der Waals surface area contributed by atoms with Gasteiger partial charge in [0.2, 0.25) is 0 Å². The van der Waals surface area contributed by atoms with E-state index >= 15 is 0 Å². The monoisotopic (exact) mass is 412 g/mol. The van der Waals surface area contributed by atoms with Crippen LogP contribution in [0.5, 0.6) is 0 Å². The van der Waals surface area contributed by atoms with Crippen molar-refractivity contribution >= 4 is 39.9 Å². The lowest BCUT2D eigenvalue weighted by atomic mass is 10.1. The van der Waals surface area contributed by atoms with Gasteiger partial charge in [-0.05, 0) is 50.1 Å². The van der Waals surface area contributed by atoms with E-state index in [-0.39, 0.29) is 10.9 Å². The van der Waals surface area contributed by atoms with Gasteiger partial charge in [0.25, 0.3) is 5.91 Å². The van der Waals surface area contributed by atoms with Gasteiger partial charge in [-0.15, -0.1) is 0 Å². The highest BCUT2D eigenvalue weighted by atomic mass is 35.5. The highest BCUT2D eigenvalue weighted by Gasteiger charge is 2.23. The molecular formula is C22H22ClFN4O. The molecule has 1 amide bonds. The van der Waals surface area contributed by atoms with Crippen molar-refractivity contribution in [3.05, 3.63) is 58.6 Å². The minimum atomic E-state index is -0.418. The molecule has 0 aliphatic carbocycles. The van der Waals surface area contributed by atoms with Gasteiger partial charge < -0.3 is 10.2 Å². The number of aryl methyl sites for hydroxylation is 1. The van der Waals surface area contributed by atoms with Gasteiger partial charge in [-0.1, -0.05) is 24.4 Å². The number of amides is 1. The summed E-state index contributed by atoms with van der Waals surface area (Å²) >= 11 is 6.23. The maximum atomic E-state index is 13.5. The predicted octanol–water partition coefficient (Wildman–Crippen LogP) is 5.49. The number of aromatic nitrogens is 2. The third kappa shape index (κ3) is 4.17. The number of benzene rings is 1. The van der Waals surface area contributed by atoms with Crippen molar-refractivity contribution in [2.45, 2.75) is 32.6 Å². The Morgan fingerprint density at radius 3 is 2.62 bits per heavy atom. The molecule has 2 aromatic heterocycles. The number of nitrogens with zero attached hydrogens (tertiary/aromatic N) is 3. The summed E-state index contributed by atoms with van der Waals surface area (Å²) in [5.74, 6) is -0.485. The van der Waals surface area contributed by atoms with E-state index in [2.05, 4.69) is 15.3 Å². The first-order valence-electron chi connectivity index (χ1n) is 9.80. The number of hydrogen-bond donors (Lipinski definition) is 1. The van der Waals surface area contributed by atoms with E-state index in [9.17, 15) is 9.18 Å². The summed E-state index contributed by atoms with van der Waals surface area (Å²) in [6.45, 7) is 3.36. The zero-order valence-electron chi connectivity index (χ0n) is 16.2. The fourth-order valence-electron chi connectivity index (χ4n) is 3.64. The Morgan fingerprint density at radius 2 is 1.90 bits per heavy atom. The number of carbonyl (C=O) groups is 1. The molecule has 0 unspecified atom stereocenters. The van der Waals surface area contributed by atoms with Crippen molar-refractivity contribution in [3.63, 3.8) is 0 Å². The van der Waals surface area contributed by atoms with E-state index in [1.807, 2.05) is 24.0 Å². The summed E-state index contributed by atoms with van der Waals surface area (Å²) in [4.78, 5) is 24.1. The number of carbonyl (C=O) groups excluding carboxylic acids is 1. The molecule has 3 aromatic rings. The van der Waals surface area contributed by atoms with Crippen molar-refractivity contribution in [1.82, 2.24) is 14.9 Å². The molecule has 1 aliphatic heterocycles. The molecule has 0 atom stereocenters. The summed E-state index contributed by atoms with van der Waals surface area (Å²) in [5, 5.41) is 4.20. The second-order valence-electron chi connectivity index (χ2n) is 7.33. The Labute approximate surface area is 173 Å². The highest BCUT2D eigenvalue weighted by molar-refractivity contribution is 6.33. The third-order valence-electron chi connectivity index (χ3n) is 5.18. The molecule has 1 saturated heterocycles. The van der Waals surface area contributed by atoms with E-state index in [1.54, 1.807) is 12.3 Å². The van der Waals surface area contributed by atoms with Gasteiger partial charge in [0.1, 0.15) is 5.82 Å². The lowest BCUT2D eigenvalue weighted by Crippen LogP contribution is -2.32. The topological polar surface area (TPSA) is 58.1 Å². The number of nitrogens with one attached hydrogen (secondary N) is 1. The molecule has 1 fully saturated rings. The fourth-order valence-corrected chi connectivity index (χ4v) is 3.85. The lowest BCUT2D eigenvalue weighted by Gasteiger charge is -2.23. The van der Waals surface area contributed by atoms with E-state index in [1.165, 1.54) is 12.1 Å². The van der Waals surface area contributed by atoms with Crippen LogP contribution in [0, 0.1) is 12.7 Å². The molecule has 3 heterocycles. The number of pyridine rings is 2. The van der Waals surface area contributed by atoms with Crippen LogP contribution >= 0.6 is 11.6 Å². The largest absolute Gasteiger partial charge is 0.353 e. The lowest BCUT2D eigenvalue weighted by molar-refractivity contribution is 0.0762. The third-order valence-corrected chi connectivity index (χ3v) is 5.50. The first-order chi connectivity index (χ1) is 14.0. The molecule has 150 valence electrons. The van der Waals surface area contributed by atoms with Crippen LogP contribution < -0.4 is 5.32 Å². The number of hydrogen-bond acceptors (Lipinski definition) is 4. The van der Waals surface area contributed by atoms with Crippen molar-refractivity contribution in [2.75, 3.05) is 18.4 Å². The molecule has 1 aliphatic rings. The molecular weight excluding hydrogens is 391 g/mol. The van der Waals surface area contributed by atoms with Crippen LogP contribution in [0.25, 0.3) is 11.0 Å². The molecule has 0 radical (unpaired) electrons. The van der Waals surface area contributed by atoms with Gasteiger partial charge in [-0.3, -0.25) is 4.79 Å². The number of fused-ring (bicyclic) bond motifs is 1. The van der Waals surface area contributed by atoms with Gasteiger partial charge in [-0.2, -0.15) is 0 Å². The summed E-state index contributed by atoms with van der Waals surface area (Å²) in [5.41, 5.74) is 2.95. The van der Waals surface area contributed by atoms with E-state index < -0.39 is 5.82 Å². The highest BCUT2D eigenvalue weighted by Crippen LogP contribution is 2.33. The Bertz CT molecular complexity index is 1060. The van der Waals surface area contributed by atoms with E-state index in [4.69, 9.17) is 11.6 Å². The average molecular weight is 413 g/mol. The van der Waals surface area contributed by atoms with Gasteiger partial charge >= 0.3 is 0 Å². The summed E-state index contributed by atoms with van der Waals surface area (Å²) in [6, 6.07) is 7.90. The Balaban J connectivity index is 1.81. The van der Waals surface area contributed by atoms with Crippen molar-refractivity contribution in [3.8, 4) is 0 Å². The average Bonchev–Trinajstić information content (AvgIpc) is 2.99. The summed E-state index contributed by atoms with van der Waals surface area (Å²) in [7, 11) is 0. The SMILES string of the molecule is Cc1ccc2c(Nc3ccc(F)cc3Cl)c(C(=O)N3CCCCCC3)cnc2n1. The van der Waals surface area contributed by atoms with Gasteiger partial charge in [0.15, 0.2) is 5.65 Å². The molecule has 0 spiro atoms. The molecule has 1 aromatic carbocycles. The van der Waals surface area contributed by atoms with Crippen LogP contribution in [-0.4, -0.2) is 33.9 Å². The molecule has 29 heavy (non-hydrogen) atoms. The first kappa shape index (κ1) is 19.6. The molecule has 4 rings (SSSR count). The van der Waals surface area contributed by atoms with Crippen LogP contribution in [-0.2, 0) is 0 Å². The molecule has 0 saturated carbocycles. The smallest absolute Gasteiger partial charge is 0.257 e. The van der Waals surface area contributed by atoms with Crippen molar-refractivity contribution < 1.29 is 9.18 Å². The van der Waals surface area contributed by atoms with Gasteiger partial charge in [-0.25, -0.2) is 14.4 Å². The summed E-state index contributed by atoms with van der Waals surface area (Å²) < 4.78 is 13.5. The number of rotatable bonds is 3. The standard InChI is InChI=1S/C22H22ClFN4O/c1-14-6-8-16-20(27-19-9-7-15(24)12-18(19)23)17(13-25-21(16)26-14)22(29)28-10-4-2-3-5-11-28/h6-9,12-13H,2-5,10-11H2,1H3,(H,25,26,27). The first-order valence-corrected chi connectivity index (χ1v) is 10.2. The number of halogens is 2. The predicted molar refractivity (Wildman–Crippen MR) is 113 cm³/mol. The molecule has 5 nitrogen and oxygen atoms in total. The Hall–Kier alpha value is -2.73. The second-order valence-corrected chi connectivity index (χ2v) is 7.73. The maximum Gasteiger partial charge on any atom is 0.257 e. The quantitative estimate of drug-likeness (QED) is 0.617. The minimum Gasteiger partial charge on any atom is -0.353 e. The normalized spacial score (nSPS) is 14.7. The molecule has 1 N–H and O–H groups in total. The zero-order valence-corrected chi connectivity index (χ0v) is 17.0. The Kier molecular flexibility index (Phi) is 5.62. The van der Waals surface area contributed by atoms with E-state index in [0.29, 0.717) is 22.6 Å². The van der Waals surface area contributed by atoms with Crippen molar-refractivity contribution in [2.24, 2.45) is 0 Å². The zero-order chi connectivity index (χ0) is 20.4. The van der Waals surface area contributed by atoms with Gasteiger partial charge in [0, 0.05) is 30.4 Å². The number of likely N-dealkylation sites (tertiary alicyclic amines) is 1. The number of anilines is 2. The van der Waals surface area contributed by atoms with Gasteiger partial charge in [0.05, 0.1) is 22.0 Å². The Morgan fingerprint density at radius 1 is 1.14 bits per heavy atom. The van der Waals surface area contributed by atoms with Crippen LogP contribution in [0.4, 0.5) is 15.8 Å². The maximum absolute atomic E-state index is 13.5. The van der Waals surface area contributed by atoms with Crippen molar-refractivity contribution in [1.29, 1.82) is 0 Å². The van der Waals surface area contributed by atoms with Crippen LogP contribution in [0.1, 0.15) is 41.7 Å². The summed E-state index contributed by atoms with van der Waals surface area (Å²) in [6.07, 6.45) is 5.85. The minimum absolute atomic E-state index is 0.0670. The van der Waals surface area contributed by atoms with Crippen LogP contribution in [0.2, 0.25) is 5.02 Å². The fraction of sp³-hybridized carbons (Fsp3) is 0.318. The van der Waals surface area contributed by atoms with Crippen LogP contribution in [0.15, 0.2) is 36.5 Å². The molecule has 0 bridgehead atoms. The van der Waals surface area contributed by atoms with E-state index in [0.717, 1.165) is 49.9 Å².